The number of nitriles is 1. The van der Waals surface area contributed by atoms with E-state index in [0.717, 1.165) is 6.42 Å². The summed E-state index contributed by atoms with van der Waals surface area (Å²) in [6, 6.07) is 2.12. The van der Waals surface area contributed by atoms with Crippen LogP contribution in [0.15, 0.2) is 0 Å². The third kappa shape index (κ3) is 5.85. The Morgan fingerprint density at radius 1 is 1.09 bits per heavy atom. The van der Waals surface area contributed by atoms with E-state index in [1.165, 1.54) is 0 Å². The minimum atomic E-state index is -1.48. The highest BCUT2D eigenvalue weighted by Gasteiger charge is 2.52. The zero-order valence-corrected chi connectivity index (χ0v) is 15.3. The number of hydrogen-bond acceptors (Lipinski definition) is 5. The van der Waals surface area contributed by atoms with Crippen molar-refractivity contribution in [3.63, 3.8) is 0 Å². The number of rotatable bonds is 10. The summed E-state index contributed by atoms with van der Waals surface area (Å²) in [7, 11) is 0. The number of hydrogen-bond donors (Lipinski definition) is 0. The summed E-state index contributed by atoms with van der Waals surface area (Å²) in [5.74, 6) is -1.66. The van der Waals surface area contributed by atoms with Gasteiger partial charge in [0.2, 0.25) is 0 Å². The topological polar surface area (TPSA) is 76.4 Å². The van der Waals surface area contributed by atoms with Gasteiger partial charge in [0.15, 0.2) is 5.41 Å². The normalized spacial score (nSPS) is 14.9. The highest BCUT2D eigenvalue weighted by Crippen LogP contribution is 2.40. The fourth-order valence-corrected chi connectivity index (χ4v) is 2.88. The smallest absolute Gasteiger partial charge is 0.327 e. The molecule has 0 aromatic heterocycles. The van der Waals surface area contributed by atoms with Crippen LogP contribution < -0.4 is 0 Å². The second-order valence-corrected chi connectivity index (χ2v) is 6.56. The predicted molar refractivity (Wildman–Crippen MR) is 88.3 cm³/mol. The van der Waals surface area contributed by atoms with E-state index in [1.54, 1.807) is 13.8 Å². The summed E-state index contributed by atoms with van der Waals surface area (Å²) >= 11 is 0. The van der Waals surface area contributed by atoms with Crippen molar-refractivity contribution in [2.45, 2.75) is 60.8 Å². The molecule has 0 aliphatic carbocycles. The van der Waals surface area contributed by atoms with Crippen molar-refractivity contribution in [3.05, 3.63) is 0 Å². The van der Waals surface area contributed by atoms with E-state index < -0.39 is 23.3 Å². The first-order valence-electron chi connectivity index (χ1n) is 8.51. The van der Waals surface area contributed by atoms with Gasteiger partial charge in [0.25, 0.3) is 0 Å². The lowest BCUT2D eigenvalue weighted by atomic mass is 9.68. The number of esters is 2. The van der Waals surface area contributed by atoms with E-state index in [9.17, 15) is 14.9 Å². The van der Waals surface area contributed by atoms with E-state index >= 15 is 0 Å². The fourth-order valence-electron chi connectivity index (χ4n) is 2.88. The van der Waals surface area contributed by atoms with Crippen molar-refractivity contribution in [1.82, 2.24) is 0 Å². The van der Waals surface area contributed by atoms with E-state index in [2.05, 4.69) is 19.9 Å². The zero-order valence-electron chi connectivity index (χ0n) is 15.3. The predicted octanol–water partition coefficient (Wildman–Crippen LogP) is 3.72. The van der Waals surface area contributed by atoms with E-state index in [4.69, 9.17) is 9.47 Å². The van der Waals surface area contributed by atoms with Crippen LogP contribution in [-0.4, -0.2) is 25.2 Å². The molecule has 5 nitrogen and oxygen atoms in total. The Hall–Kier alpha value is -1.57. The molecule has 2 atom stereocenters. The molecule has 5 heteroatoms. The average molecular weight is 325 g/mol. The Kier molecular flexibility index (Phi) is 9.55. The van der Waals surface area contributed by atoms with Crippen molar-refractivity contribution in [3.8, 4) is 6.07 Å². The molecule has 132 valence electrons. The molecule has 0 rings (SSSR count). The van der Waals surface area contributed by atoms with E-state index in [-0.39, 0.29) is 19.1 Å². The number of ether oxygens (including phenoxy) is 2. The van der Waals surface area contributed by atoms with Crippen LogP contribution in [0.1, 0.15) is 60.8 Å². The molecule has 0 bridgehead atoms. The van der Waals surface area contributed by atoms with E-state index in [1.807, 2.05) is 13.8 Å². The third-order valence-electron chi connectivity index (χ3n) is 3.93. The first-order chi connectivity index (χ1) is 10.8. The Labute approximate surface area is 140 Å². The highest BCUT2D eigenvalue weighted by atomic mass is 16.5. The Balaban J connectivity index is 5.69. The molecular weight excluding hydrogens is 294 g/mol. The molecule has 0 spiro atoms. The molecule has 0 heterocycles. The van der Waals surface area contributed by atoms with Crippen LogP contribution in [0, 0.1) is 34.5 Å². The lowest BCUT2D eigenvalue weighted by molar-refractivity contribution is -0.168. The van der Waals surface area contributed by atoms with Crippen molar-refractivity contribution in [2.75, 3.05) is 13.2 Å². The van der Waals surface area contributed by atoms with Gasteiger partial charge in [-0.2, -0.15) is 5.26 Å². The molecule has 0 amide bonds. The zero-order chi connectivity index (χ0) is 18.0. The maximum atomic E-state index is 12.6. The molecule has 0 aliphatic rings. The summed E-state index contributed by atoms with van der Waals surface area (Å²) in [6.45, 7) is 11.6. The SMILES string of the molecule is CCOC(=O)C(C(C)C)C(C#N)(CCCC(C)C)C(=O)OCC. The van der Waals surface area contributed by atoms with Crippen LogP contribution in [-0.2, 0) is 19.1 Å². The van der Waals surface area contributed by atoms with Gasteiger partial charge in [0, 0.05) is 0 Å². The van der Waals surface area contributed by atoms with Crippen LogP contribution in [0.5, 0.6) is 0 Å². The van der Waals surface area contributed by atoms with Crippen molar-refractivity contribution < 1.29 is 19.1 Å². The van der Waals surface area contributed by atoms with Crippen LogP contribution in [0.4, 0.5) is 0 Å². The van der Waals surface area contributed by atoms with Gasteiger partial charge in [-0.05, 0) is 32.1 Å². The maximum Gasteiger partial charge on any atom is 0.327 e. The monoisotopic (exact) mass is 325 g/mol. The molecule has 0 N–H and O–H groups in total. The van der Waals surface area contributed by atoms with Gasteiger partial charge in [0.05, 0.1) is 25.2 Å². The van der Waals surface area contributed by atoms with Crippen molar-refractivity contribution >= 4 is 11.9 Å². The summed E-state index contributed by atoms with van der Waals surface area (Å²) in [4.78, 5) is 25.0. The molecular formula is C18H31NO4. The summed E-state index contributed by atoms with van der Waals surface area (Å²) in [5.41, 5.74) is -1.48. The number of nitrogens with zero attached hydrogens (tertiary/aromatic N) is 1. The maximum absolute atomic E-state index is 12.6. The summed E-state index contributed by atoms with van der Waals surface area (Å²) in [6.07, 6.45) is 1.88. The third-order valence-corrected chi connectivity index (χ3v) is 3.93. The van der Waals surface area contributed by atoms with Gasteiger partial charge in [-0.1, -0.05) is 40.5 Å². The average Bonchev–Trinajstić information content (AvgIpc) is 2.45. The first kappa shape index (κ1) is 21.4. The Morgan fingerprint density at radius 3 is 2.04 bits per heavy atom. The number of carbonyl (C=O) groups is 2. The molecule has 0 aromatic carbocycles. The highest BCUT2D eigenvalue weighted by molar-refractivity contribution is 5.88. The standard InChI is InChI=1S/C18H31NO4/c1-7-22-16(20)15(14(5)6)18(12-19,17(21)23-8-2)11-9-10-13(3)4/h13-15H,7-11H2,1-6H3. The van der Waals surface area contributed by atoms with Crippen molar-refractivity contribution in [1.29, 1.82) is 5.26 Å². The second kappa shape index (κ2) is 10.3. The molecule has 23 heavy (non-hydrogen) atoms. The van der Waals surface area contributed by atoms with Gasteiger partial charge >= 0.3 is 11.9 Å². The largest absolute Gasteiger partial charge is 0.466 e. The summed E-state index contributed by atoms with van der Waals surface area (Å²) in [5, 5.41) is 9.82. The fraction of sp³-hybridized carbons (Fsp3) is 0.833. The van der Waals surface area contributed by atoms with E-state index in [0.29, 0.717) is 18.8 Å². The Morgan fingerprint density at radius 2 is 1.65 bits per heavy atom. The molecule has 0 fully saturated rings. The van der Waals surface area contributed by atoms with Crippen LogP contribution in [0.3, 0.4) is 0 Å². The summed E-state index contributed by atoms with van der Waals surface area (Å²) < 4.78 is 10.3. The van der Waals surface area contributed by atoms with Crippen molar-refractivity contribution in [2.24, 2.45) is 23.2 Å². The second-order valence-electron chi connectivity index (χ2n) is 6.56. The van der Waals surface area contributed by atoms with Gasteiger partial charge < -0.3 is 9.47 Å². The number of carbonyl (C=O) groups excluding carboxylic acids is 2. The Bertz CT molecular complexity index is 425. The lowest BCUT2D eigenvalue weighted by Gasteiger charge is -2.34. The minimum Gasteiger partial charge on any atom is -0.466 e. The van der Waals surface area contributed by atoms with Gasteiger partial charge in [-0.25, -0.2) is 0 Å². The molecule has 0 saturated heterocycles. The van der Waals surface area contributed by atoms with Crippen LogP contribution in [0.25, 0.3) is 0 Å². The lowest BCUT2D eigenvalue weighted by Crippen LogP contribution is -2.46. The molecule has 2 unspecified atom stereocenters. The van der Waals surface area contributed by atoms with Crippen LogP contribution in [0.2, 0.25) is 0 Å². The van der Waals surface area contributed by atoms with Gasteiger partial charge in [0.1, 0.15) is 0 Å². The quantitative estimate of drug-likeness (QED) is 0.572. The minimum absolute atomic E-state index is 0.181. The molecule has 0 aliphatic heterocycles. The molecule has 0 radical (unpaired) electrons. The van der Waals surface area contributed by atoms with Gasteiger partial charge in [-0.3, -0.25) is 9.59 Å². The first-order valence-corrected chi connectivity index (χ1v) is 8.51. The van der Waals surface area contributed by atoms with Crippen LogP contribution >= 0.6 is 0 Å². The molecule has 0 aromatic rings. The molecule has 0 saturated carbocycles. The van der Waals surface area contributed by atoms with Gasteiger partial charge in [-0.15, -0.1) is 0 Å².